The first-order chi connectivity index (χ1) is 10.3. The second-order valence-corrected chi connectivity index (χ2v) is 5.84. The lowest BCUT2D eigenvalue weighted by molar-refractivity contribution is 0.272. The zero-order chi connectivity index (χ0) is 14.5. The topological polar surface area (TPSA) is 33.1 Å². The van der Waals surface area contributed by atoms with Crippen LogP contribution in [-0.2, 0) is 13.5 Å². The second-order valence-electron chi connectivity index (χ2n) is 5.84. The molecule has 0 bridgehead atoms. The summed E-state index contributed by atoms with van der Waals surface area (Å²) in [6, 6.07) is 11.2. The summed E-state index contributed by atoms with van der Waals surface area (Å²) in [6.45, 7) is 4.47. The normalized spacial score (nSPS) is 20.3. The van der Waals surface area contributed by atoms with E-state index in [0.29, 0.717) is 6.04 Å². The van der Waals surface area contributed by atoms with Crippen LogP contribution in [0.25, 0.3) is 0 Å². The van der Waals surface area contributed by atoms with E-state index >= 15 is 0 Å². The van der Waals surface area contributed by atoms with Gasteiger partial charge in [0, 0.05) is 32.4 Å². The first kappa shape index (κ1) is 14.3. The monoisotopic (exact) mass is 284 g/mol. The minimum absolute atomic E-state index is 0.447. The minimum atomic E-state index is 0.447. The Labute approximate surface area is 126 Å². The number of nitrogens with one attached hydrogen (secondary N) is 1. The van der Waals surface area contributed by atoms with Crippen LogP contribution >= 0.6 is 0 Å². The van der Waals surface area contributed by atoms with E-state index in [2.05, 4.69) is 51.8 Å². The molecule has 1 N–H and O–H groups in total. The standard InChI is InChI=1S/C17H24N4/c1-20-13-15(12-19-20)8-11-21-10-5-9-18-17(14-21)16-6-3-2-4-7-16/h2-4,6-7,12-13,17-18H,5,8-11,14H2,1H3. The Balaban J connectivity index is 1.60. The molecule has 0 saturated carbocycles. The highest BCUT2D eigenvalue weighted by atomic mass is 15.2. The van der Waals surface area contributed by atoms with Crippen LogP contribution in [0.15, 0.2) is 42.7 Å². The largest absolute Gasteiger partial charge is 0.309 e. The summed E-state index contributed by atoms with van der Waals surface area (Å²) in [5.41, 5.74) is 2.72. The van der Waals surface area contributed by atoms with Gasteiger partial charge in [0.05, 0.1) is 6.20 Å². The Bertz CT molecular complexity index is 549. The van der Waals surface area contributed by atoms with Gasteiger partial charge >= 0.3 is 0 Å². The van der Waals surface area contributed by atoms with Crippen molar-refractivity contribution in [1.82, 2.24) is 20.0 Å². The molecule has 1 aromatic carbocycles. The van der Waals surface area contributed by atoms with E-state index in [4.69, 9.17) is 0 Å². The van der Waals surface area contributed by atoms with Crippen molar-refractivity contribution in [1.29, 1.82) is 0 Å². The maximum Gasteiger partial charge on any atom is 0.0522 e. The summed E-state index contributed by atoms with van der Waals surface area (Å²) >= 11 is 0. The molecule has 0 radical (unpaired) electrons. The average Bonchev–Trinajstić information content (AvgIpc) is 2.79. The molecule has 1 aromatic heterocycles. The van der Waals surface area contributed by atoms with Crippen molar-refractivity contribution in [2.24, 2.45) is 7.05 Å². The molecule has 2 aromatic rings. The molecule has 4 heteroatoms. The smallest absolute Gasteiger partial charge is 0.0522 e. The molecule has 1 atom stereocenters. The maximum atomic E-state index is 4.25. The van der Waals surface area contributed by atoms with Gasteiger partial charge in [-0.1, -0.05) is 30.3 Å². The first-order valence-electron chi connectivity index (χ1n) is 7.79. The van der Waals surface area contributed by atoms with Gasteiger partial charge in [-0.15, -0.1) is 0 Å². The lowest BCUT2D eigenvalue weighted by atomic mass is 10.1. The van der Waals surface area contributed by atoms with Gasteiger partial charge in [-0.25, -0.2) is 0 Å². The highest BCUT2D eigenvalue weighted by molar-refractivity contribution is 5.19. The SMILES string of the molecule is Cn1cc(CCN2CCCNC(c3ccccc3)C2)cn1. The van der Waals surface area contributed by atoms with Gasteiger partial charge in [-0.05, 0) is 37.1 Å². The molecule has 1 aliphatic rings. The highest BCUT2D eigenvalue weighted by Gasteiger charge is 2.18. The summed E-state index contributed by atoms with van der Waals surface area (Å²) in [4.78, 5) is 2.57. The lowest BCUT2D eigenvalue weighted by Crippen LogP contribution is -2.32. The molecule has 1 fully saturated rings. The van der Waals surface area contributed by atoms with Gasteiger partial charge in [0.2, 0.25) is 0 Å². The molecule has 1 aliphatic heterocycles. The molecule has 4 nitrogen and oxygen atoms in total. The van der Waals surface area contributed by atoms with Crippen LogP contribution in [0.4, 0.5) is 0 Å². The van der Waals surface area contributed by atoms with E-state index in [1.165, 1.54) is 24.1 Å². The fourth-order valence-corrected chi connectivity index (χ4v) is 2.99. The van der Waals surface area contributed by atoms with Gasteiger partial charge in [0.25, 0.3) is 0 Å². The van der Waals surface area contributed by atoms with Crippen LogP contribution in [0, 0.1) is 0 Å². The van der Waals surface area contributed by atoms with E-state index in [0.717, 1.165) is 26.1 Å². The molecular weight excluding hydrogens is 260 g/mol. The van der Waals surface area contributed by atoms with Crippen molar-refractivity contribution in [3.8, 4) is 0 Å². The molecule has 2 heterocycles. The van der Waals surface area contributed by atoms with Crippen LogP contribution in [0.1, 0.15) is 23.6 Å². The summed E-state index contributed by atoms with van der Waals surface area (Å²) in [5, 5.41) is 7.92. The summed E-state index contributed by atoms with van der Waals surface area (Å²) < 4.78 is 1.88. The average molecular weight is 284 g/mol. The molecule has 21 heavy (non-hydrogen) atoms. The quantitative estimate of drug-likeness (QED) is 0.932. The Kier molecular flexibility index (Phi) is 4.68. The number of hydrogen-bond acceptors (Lipinski definition) is 3. The number of rotatable bonds is 4. The molecule has 112 valence electrons. The molecule has 1 unspecified atom stereocenters. The Morgan fingerprint density at radius 2 is 2.14 bits per heavy atom. The first-order valence-corrected chi connectivity index (χ1v) is 7.79. The minimum Gasteiger partial charge on any atom is -0.309 e. The summed E-state index contributed by atoms with van der Waals surface area (Å²) in [6.07, 6.45) is 6.39. The molecule has 0 spiro atoms. The molecule has 3 rings (SSSR count). The molecule has 0 amide bonds. The van der Waals surface area contributed by atoms with Gasteiger partial charge in [0.1, 0.15) is 0 Å². The number of hydrogen-bond donors (Lipinski definition) is 1. The van der Waals surface area contributed by atoms with Gasteiger partial charge in [-0.3, -0.25) is 4.68 Å². The number of aromatic nitrogens is 2. The second kappa shape index (κ2) is 6.87. The lowest BCUT2D eigenvalue weighted by Gasteiger charge is -2.24. The Hall–Kier alpha value is -1.65. The number of nitrogens with zero attached hydrogens (tertiary/aromatic N) is 3. The third kappa shape index (κ3) is 3.93. The third-order valence-electron chi connectivity index (χ3n) is 4.16. The predicted octanol–water partition coefficient (Wildman–Crippen LogP) is 2.00. The van der Waals surface area contributed by atoms with E-state index in [9.17, 15) is 0 Å². The van der Waals surface area contributed by atoms with E-state index in [1.54, 1.807) is 0 Å². The van der Waals surface area contributed by atoms with Crippen molar-refractivity contribution >= 4 is 0 Å². The van der Waals surface area contributed by atoms with Crippen molar-refractivity contribution in [2.45, 2.75) is 18.9 Å². The molecule has 0 aliphatic carbocycles. The van der Waals surface area contributed by atoms with Gasteiger partial charge < -0.3 is 10.2 Å². The van der Waals surface area contributed by atoms with Crippen molar-refractivity contribution < 1.29 is 0 Å². The van der Waals surface area contributed by atoms with Crippen LogP contribution in [-0.4, -0.2) is 40.9 Å². The summed E-state index contributed by atoms with van der Waals surface area (Å²) in [7, 11) is 1.98. The van der Waals surface area contributed by atoms with E-state index < -0.39 is 0 Å². The third-order valence-corrected chi connectivity index (χ3v) is 4.16. The van der Waals surface area contributed by atoms with E-state index in [1.807, 2.05) is 17.9 Å². The van der Waals surface area contributed by atoms with Crippen LogP contribution in [0.5, 0.6) is 0 Å². The fraction of sp³-hybridized carbons (Fsp3) is 0.471. The zero-order valence-corrected chi connectivity index (χ0v) is 12.7. The maximum absolute atomic E-state index is 4.25. The van der Waals surface area contributed by atoms with Crippen molar-refractivity contribution in [3.05, 3.63) is 53.9 Å². The van der Waals surface area contributed by atoms with Gasteiger partial charge in [0.15, 0.2) is 0 Å². The van der Waals surface area contributed by atoms with Crippen molar-refractivity contribution in [2.75, 3.05) is 26.2 Å². The van der Waals surface area contributed by atoms with Crippen LogP contribution in [0.3, 0.4) is 0 Å². The fourth-order valence-electron chi connectivity index (χ4n) is 2.99. The van der Waals surface area contributed by atoms with Crippen LogP contribution < -0.4 is 5.32 Å². The van der Waals surface area contributed by atoms with E-state index in [-0.39, 0.29) is 0 Å². The molecule has 1 saturated heterocycles. The van der Waals surface area contributed by atoms with Crippen LogP contribution in [0.2, 0.25) is 0 Å². The predicted molar refractivity (Wildman–Crippen MR) is 85.2 cm³/mol. The Morgan fingerprint density at radius 3 is 2.90 bits per heavy atom. The van der Waals surface area contributed by atoms with Crippen molar-refractivity contribution in [3.63, 3.8) is 0 Å². The summed E-state index contributed by atoms with van der Waals surface area (Å²) in [5.74, 6) is 0. The van der Waals surface area contributed by atoms with Gasteiger partial charge in [-0.2, -0.15) is 5.10 Å². The Morgan fingerprint density at radius 1 is 1.29 bits per heavy atom. The number of aryl methyl sites for hydroxylation is 1. The highest BCUT2D eigenvalue weighted by Crippen LogP contribution is 2.17. The number of benzene rings is 1. The molecular formula is C17H24N4. The zero-order valence-electron chi connectivity index (χ0n) is 12.7.